The summed E-state index contributed by atoms with van der Waals surface area (Å²) in [5.74, 6) is -1.33. The van der Waals surface area contributed by atoms with Crippen LogP contribution >= 0.6 is 11.8 Å². The highest BCUT2D eigenvalue weighted by Gasteiger charge is 2.35. The molecule has 4 aromatic rings. The van der Waals surface area contributed by atoms with Crippen molar-refractivity contribution in [2.45, 2.75) is 6.54 Å². The zero-order chi connectivity index (χ0) is 27.0. The first-order valence-electron chi connectivity index (χ1n) is 11.3. The molecule has 2 amide bonds. The van der Waals surface area contributed by atoms with Gasteiger partial charge >= 0.3 is 5.69 Å². The molecular weight excluding hydrogens is 513 g/mol. The topological polar surface area (TPSA) is 124 Å². The van der Waals surface area contributed by atoms with Gasteiger partial charge in [0.15, 0.2) is 16.3 Å². The Bertz CT molecular complexity index is 1750. The number of imidazole rings is 1. The Kier molecular flexibility index (Phi) is 6.51. The number of aromatic nitrogens is 4. The van der Waals surface area contributed by atoms with Gasteiger partial charge in [-0.25, -0.2) is 19.6 Å². The van der Waals surface area contributed by atoms with E-state index in [0.29, 0.717) is 16.2 Å². The van der Waals surface area contributed by atoms with Crippen LogP contribution in [-0.4, -0.2) is 35.7 Å². The van der Waals surface area contributed by atoms with Gasteiger partial charge in [-0.3, -0.25) is 28.4 Å². The van der Waals surface area contributed by atoms with E-state index in [1.165, 1.54) is 46.6 Å². The van der Waals surface area contributed by atoms with Crippen LogP contribution < -0.4 is 21.6 Å². The third-order valence-electron chi connectivity index (χ3n) is 5.80. The molecule has 0 radical (unpaired) electrons. The predicted molar refractivity (Wildman–Crippen MR) is 142 cm³/mol. The SMILES string of the molecule is Cn1c(=O)c2c(ncn2CC(=O)N/N=C2/S/C(=C/c3ccc(F)cc3)C(=O)N2c2ccccc2)n(C)c1=O. The summed E-state index contributed by atoms with van der Waals surface area (Å²) in [6.07, 6.45) is 2.91. The van der Waals surface area contributed by atoms with E-state index >= 15 is 0 Å². The Morgan fingerprint density at radius 1 is 1.05 bits per heavy atom. The molecule has 0 spiro atoms. The number of benzene rings is 2. The van der Waals surface area contributed by atoms with E-state index < -0.39 is 17.2 Å². The molecule has 2 aromatic heterocycles. The Morgan fingerprint density at radius 2 is 1.76 bits per heavy atom. The number of amidine groups is 1. The second-order valence-electron chi connectivity index (χ2n) is 8.32. The van der Waals surface area contributed by atoms with Gasteiger partial charge in [-0.2, -0.15) is 0 Å². The third kappa shape index (κ3) is 4.54. The van der Waals surface area contributed by atoms with Gasteiger partial charge in [0.1, 0.15) is 12.4 Å². The van der Waals surface area contributed by atoms with Gasteiger partial charge in [0.05, 0.1) is 16.9 Å². The lowest BCUT2D eigenvalue weighted by Crippen LogP contribution is -2.38. The molecular formula is C25H20FN7O4S. The second-order valence-corrected chi connectivity index (χ2v) is 9.33. The number of carbonyl (C=O) groups excluding carboxylic acids is 2. The number of rotatable bonds is 5. The molecule has 1 fully saturated rings. The molecule has 1 aliphatic heterocycles. The molecule has 3 heterocycles. The van der Waals surface area contributed by atoms with E-state index in [0.717, 1.165) is 16.3 Å². The van der Waals surface area contributed by atoms with Gasteiger partial charge in [0.2, 0.25) is 0 Å². The maximum absolute atomic E-state index is 13.3. The molecule has 1 aliphatic rings. The van der Waals surface area contributed by atoms with E-state index in [9.17, 15) is 23.6 Å². The van der Waals surface area contributed by atoms with Crippen LogP contribution in [0.3, 0.4) is 0 Å². The number of amides is 2. The first-order chi connectivity index (χ1) is 18.2. The van der Waals surface area contributed by atoms with E-state index in [-0.39, 0.29) is 34.6 Å². The fourth-order valence-electron chi connectivity index (χ4n) is 3.88. The molecule has 2 aromatic carbocycles. The van der Waals surface area contributed by atoms with Gasteiger partial charge in [0.25, 0.3) is 17.4 Å². The quantitative estimate of drug-likeness (QED) is 0.308. The van der Waals surface area contributed by atoms with Crippen molar-refractivity contribution in [3.05, 3.63) is 98.0 Å². The number of anilines is 1. The Balaban J connectivity index is 1.43. The zero-order valence-electron chi connectivity index (χ0n) is 20.2. The normalized spacial score (nSPS) is 15.7. The van der Waals surface area contributed by atoms with Gasteiger partial charge in [-0.15, -0.1) is 5.10 Å². The number of nitrogens with one attached hydrogen (secondary N) is 1. The van der Waals surface area contributed by atoms with Crippen molar-refractivity contribution >= 4 is 51.7 Å². The number of aryl methyl sites for hydroxylation is 1. The first kappa shape index (κ1) is 24.9. The maximum atomic E-state index is 13.3. The number of halogens is 1. The van der Waals surface area contributed by atoms with Crippen LogP contribution in [0.15, 0.2) is 80.5 Å². The molecule has 1 N–H and O–H groups in total. The van der Waals surface area contributed by atoms with E-state index in [1.807, 2.05) is 0 Å². The van der Waals surface area contributed by atoms with E-state index in [4.69, 9.17) is 0 Å². The van der Waals surface area contributed by atoms with Crippen LogP contribution in [0, 0.1) is 5.82 Å². The molecule has 38 heavy (non-hydrogen) atoms. The van der Waals surface area contributed by atoms with Crippen LogP contribution in [-0.2, 0) is 30.2 Å². The monoisotopic (exact) mass is 533 g/mol. The minimum absolute atomic E-state index is 0.0956. The summed E-state index contributed by atoms with van der Waals surface area (Å²) in [5, 5.41) is 4.39. The largest absolute Gasteiger partial charge is 0.332 e. The Hall–Kier alpha value is -4.78. The summed E-state index contributed by atoms with van der Waals surface area (Å²) in [4.78, 5) is 56.6. The van der Waals surface area contributed by atoms with Gasteiger partial charge < -0.3 is 4.57 Å². The molecule has 1 saturated heterocycles. The highest BCUT2D eigenvalue weighted by Crippen LogP contribution is 2.35. The molecule has 13 heteroatoms. The predicted octanol–water partition coefficient (Wildman–Crippen LogP) is 1.78. The number of thioether (sulfide) groups is 1. The smallest absolute Gasteiger partial charge is 0.315 e. The van der Waals surface area contributed by atoms with Crippen molar-refractivity contribution in [2.75, 3.05) is 4.90 Å². The molecule has 11 nitrogen and oxygen atoms in total. The van der Waals surface area contributed by atoms with Crippen LogP contribution in [0.5, 0.6) is 0 Å². The summed E-state index contributed by atoms with van der Waals surface area (Å²) in [6, 6.07) is 14.5. The number of fused-ring (bicyclic) bond motifs is 1. The minimum Gasteiger partial charge on any atom is -0.315 e. The summed E-state index contributed by atoms with van der Waals surface area (Å²) in [5.41, 5.74) is 2.74. The molecule has 192 valence electrons. The fourth-order valence-corrected chi connectivity index (χ4v) is 4.82. The molecule has 5 rings (SSSR count). The fraction of sp³-hybridized carbons (Fsp3) is 0.120. The number of carbonyl (C=O) groups is 2. The van der Waals surface area contributed by atoms with Crippen LogP contribution in [0.4, 0.5) is 10.1 Å². The number of para-hydroxylation sites is 1. The number of hydrazone groups is 1. The van der Waals surface area contributed by atoms with Crippen molar-refractivity contribution in [3.63, 3.8) is 0 Å². The van der Waals surface area contributed by atoms with Crippen molar-refractivity contribution in [1.29, 1.82) is 0 Å². The Labute approximate surface area is 218 Å². The molecule has 0 bridgehead atoms. The number of hydrogen-bond acceptors (Lipinski definition) is 7. The zero-order valence-corrected chi connectivity index (χ0v) is 21.0. The average Bonchev–Trinajstić information content (AvgIpc) is 3.47. The summed E-state index contributed by atoms with van der Waals surface area (Å²) >= 11 is 1.05. The summed E-state index contributed by atoms with van der Waals surface area (Å²) in [6.45, 7) is -0.303. The molecule has 0 saturated carbocycles. The second kappa shape index (κ2) is 9.94. The lowest BCUT2D eigenvalue weighted by molar-refractivity contribution is -0.121. The van der Waals surface area contributed by atoms with Gasteiger partial charge in [-0.05, 0) is 47.7 Å². The van der Waals surface area contributed by atoms with Crippen molar-refractivity contribution < 1.29 is 14.0 Å². The molecule has 0 atom stereocenters. The molecule has 0 unspecified atom stereocenters. The van der Waals surface area contributed by atoms with Crippen molar-refractivity contribution in [2.24, 2.45) is 19.2 Å². The summed E-state index contributed by atoms with van der Waals surface area (Å²) in [7, 11) is 2.83. The van der Waals surface area contributed by atoms with Crippen molar-refractivity contribution in [1.82, 2.24) is 24.1 Å². The van der Waals surface area contributed by atoms with Gasteiger partial charge in [-0.1, -0.05) is 30.3 Å². The highest BCUT2D eigenvalue weighted by molar-refractivity contribution is 8.19. The highest BCUT2D eigenvalue weighted by atomic mass is 32.2. The molecule has 0 aliphatic carbocycles. The number of nitrogens with zero attached hydrogens (tertiary/aromatic N) is 6. The van der Waals surface area contributed by atoms with Crippen LogP contribution in [0.2, 0.25) is 0 Å². The van der Waals surface area contributed by atoms with E-state index in [2.05, 4.69) is 15.5 Å². The minimum atomic E-state index is -0.581. The standard InChI is InChI=1S/C25H20FN7O4S/c1-30-21-20(23(36)31(2)25(30)37)32(14-27-21)13-19(34)28-29-24-33(17-6-4-3-5-7-17)22(35)18(38-24)12-15-8-10-16(26)11-9-15/h3-12,14H,13H2,1-2H3,(H,28,34)/b18-12+,29-24+. The third-order valence-corrected chi connectivity index (χ3v) is 6.76. The van der Waals surface area contributed by atoms with Crippen LogP contribution in [0.1, 0.15) is 5.56 Å². The average molecular weight is 534 g/mol. The lowest BCUT2D eigenvalue weighted by atomic mass is 10.2. The van der Waals surface area contributed by atoms with Gasteiger partial charge in [0, 0.05) is 14.1 Å². The maximum Gasteiger partial charge on any atom is 0.332 e. The van der Waals surface area contributed by atoms with Crippen LogP contribution in [0.25, 0.3) is 17.2 Å². The van der Waals surface area contributed by atoms with Crippen molar-refractivity contribution in [3.8, 4) is 0 Å². The first-order valence-corrected chi connectivity index (χ1v) is 12.1. The summed E-state index contributed by atoms with van der Waals surface area (Å²) < 4.78 is 16.8. The van der Waals surface area contributed by atoms with E-state index in [1.54, 1.807) is 48.5 Å². The number of hydrogen-bond donors (Lipinski definition) is 1. The lowest BCUT2D eigenvalue weighted by Gasteiger charge is -2.15. The Morgan fingerprint density at radius 3 is 2.47 bits per heavy atom.